The highest BCUT2D eigenvalue weighted by atomic mass is 35.5. The van der Waals surface area contributed by atoms with Crippen LogP contribution < -0.4 is 10.6 Å². The highest BCUT2D eigenvalue weighted by Crippen LogP contribution is 2.38. The number of nitrogens with one attached hydrogen (secondary N) is 2. The second kappa shape index (κ2) is 8.39. The van der Waals surface area contributed by atoms with Crippen LogP contribution in [0.2, 0.25) is 5.02 Å². The molecule has 148 valence electrons. The fourth-order valence-electron chi connectivity index (χ4n) is 3.30. The minimum Gasteiger partial charge on any atom is -0.341 e. The van der Waals surface area contributed by atoms with E-state index in [0.717, 1.165) is 17.5 Å². The number of carbonyl (C=O) groups is 2. The molecule has 0 spiro atoms. The molecule has 4 nitrogen and oxygen atoms in total. The van der Waals surface area contributed by atoms with E-state index in [0.29, 0.717) is 22.2 Å². The quantitative estimate of drug-likeness (QED) is 0.547. The monoisotopic (exact) mass is 424 g/mol. The first-order valence-corrected chi connectivity index (χ1v) is 10.8. The van der Waals surface area contributed by atoms with Crippen LogP contribution in [0.5, 0.6) is 0 Å². The van der Waals surface area contributed by atoms with Gasteiger partial charge in [0.1, 0.15) is 0 Å². The molecule has 1 saturated carbocycles. The summed E-state index contributed by atoms with van der Waals surface area (Å²) in [6.07, 6.45) is 0.945. The normalized spacial score (nSPS) is 18.7. The van der Waals surface area contributed by atoms with Gasteiger partial charge < -0.3 is 10.6 Å². The van der Waals surface area contributed by atoms with Crippen molar-refractivity contribution in [1.82, 2.24) is 5.32 Å². The Hall–Kier alpha value is -2.63. The average molecular weight is 425 g/mol. The Balaban J connectivity index is 1.47. The van der Waals surface area contributed by atoms with Gasteiger partial charge in [0.05, 0.1) is 6.04 Å². The van der Waals surface area contributed by atoms with Gasteiger partial charge in [-0.3, -0.25) is 9.59 Å². The molecular formula is C23H21ClN2O2S. The topological polar surface area (TPSA) is 58.2 Å². The van der Waals surface area contributed by atoms with Crippen LogP contribution in [0.3, 0.4) is 0 Å². The van der Waals surface area contributed by atoms with E-state index in [1.807, 2.05) is 41.1 Å². The van der Waals surface area contributed by atoms with E-state index >= 15 is 0 Å². The molecule has 1 aromatic heterocycles. The van der Waals surface area contributed by atoms with E-state index in [4.69, 9.17) is 11.6 Å². The zero-order valence-corrected chi connectivity index (χ0v) is 17.5. The lowest BCUT2D eigenvalue weighted by Gasteiger charge is -2.19. The predicted octanol–water partition coefficient (Wildman–Crippen LogP) is 5.52. The lowest BCUT2D eigenvalue weighted by atomic mass is 10.0. The van der Waals surface area contributed by atoms with Gasteiger partial charge in [-0.1, -0.05) is 30.7 Å². The largest absolute Gasteiger partial charge is 0.341 e. The van der Waals surface area contributed by atoms with Crippen molar-refractivity contribution in [2.45, 2.75) is 19.4 Å². The number of benzene rings is 2. The van der Waals surface area contributed by atoms with Crippen LogP contribution in [0.4, 0.5) is 5.69 Å². The van der Waals surface area contributed by atoms with Crippen molar-refractivity contribution in [1.29, 1.82) is 0 Å². The number of hydrogen-bond acceptors (Lipinski definition) is 3. The molecule has 2 amide bonds. The summed E-state index contributed by atoms with van der Waals surface area (Å²) in [5.41, 5.74) is 3.23. The fraction of sp³-hybridized carbons (Fsp3) is 0.217. The minimum atomic E-state index is -0.262. The van der Waals surface area contributed by atoms with Crippen LogP contribution in [0.25, 0.3) is 0 Å². The third-order valence-corrected chi connectivity index (χ3v) is 6.17. The van der Waals surface area contributed by atoms with Gasteiger partial charge in [-0.05, 0) is 76.7 Å². The maximum absolute atomic E-state index is 12.9. The van der Waals surface area contributed by atoms with Crippen LogP contribution in [-0.2, 0) is 4.79 Å². The SMILES string of the molecule is CC1CC1C(=O)Nc1ccc(C(=O)NC(c2ccc(Cl)cc2)c2ccsc2)cc1. The summed E-state index contributed by atoms with van der Waals surface area (Å²) in [6, 6.07) is 16.2. The zero-order chi connectivity index (χ0) is 20.4. The van der Waals surface area contributed by atoms with Gasteiger partial charge in [0.25, 0.3) is 5.91 Å². The summed E-state index contributed by atoms with van der Waals surface area (Å²) < 4.78 is 0. The molecule has 29 heavy (non-hydrogen) atoms. The van der Waals surface area contributed by atoms with Crippen molar-refractivity contribution < 1.29 is 9.59 Å². The van der Waals surface area contributed by atoms with Gasteiger partial charge in [0.2, 0.25) is 5.91 Å². The Morgan fingerprint density at radius 3 is 2.31 bits per heavy atom. The molecule has 0 bridgehead atoms. The molecule has 0 aliphatic heterocycles. The van der Waals surface area contributed by atoms with Gasteiger partial charge in [0, 0.05) is 22.2 Å². The molecule has 3 unspecified atom stereocenters. The molecule has 1 heterocycles. The van der Waals surface area contributed by atoms with Gasteiger partial charge >= 0.3 is 0 Å². The summed E-state index contributed by atoms with van der Waals surface area (Å²) in [6.45, 7) is 2.07. The standard InChI is InChI=1S/C23H21ClN2O2S/c1-14-12-20(14)23(28)25-19-8-4-16(5-9-19)22(27)26-21(17-10-11-29-13-17)15-2-6-18(24)7-3-15/h2-11,13-14,20-21H,12H2,1H3,(H,25,28)(H,26,27). The molecule has 0 saturated heterocycles. The van der Waals surface area contributed by atoms with Gasteiger partial charge in [-0.2, -0.15) is 11.3 Å². The Bertz CT molecular complexity index is 1000. The number of carbonyl (C=O) groups excluding carboxylic acids is 2. The summed E-state index contributed by atoms with van der Waals surface area (Å²) >= 11 is 7.60. The van der Waals surface area contributed by atoms with Crippen molar-refractivity contribution in [2.75, 3.05) is 5.32 Å². The Kier molecular flexibility index (Phi) is 5.69. The molecule has 0 radical (unpaired) electrons. The summed E-state index contributed by atoms with van der Waals surface area (Å²) in [5.74, 6) is 0.450. The number of halogens is 1. The number of hydrogen-bond donors (Lipinski definition) is 2. The maximum atomic E-state index is 12.9. The minimum absolute atomic E-state index is 0.0509. The first kappa shape index (κ1) is 19.7. The van der Waals surface area contributed by atoms with Crippen molar-refractivity contribution in [3.8, 4) is 0 Å². The summed E-state index contributed by atoms with van der Waals surface area (Å²) in [5, 5.41) is 10.7. The van der Waals surface area contributed by atoms with E-state index in [1.165, 1.54) is 0 Å². The molecular weight excluding hydrogens is 404 g/mol. The number of anilines is 1. The zero-order valence-electron chi connectivity index (χ0n) is 15.9. The van der Waals surface area contributed by atoms with Crippen LogP contribution in [0.15, 0.2) is 65.4 Å². The second-order valence-electron chi connectivity index (χ2n) is 7.40. The predicted molar refractivity (Wildman–Crippen MR) is 117 cm³/mol. The van der Waals surface area contributed by atoms with Crippen molar-refractivity contribution in [3.05, 3.63) is 87.1 Å². The first-order valence-electron chi connectivity index (χ1n) is 9.50. The van der Waals surface area contributed by atoms with E-state index < -0.39 is 0 Å². The summed E-state index contributed by atoms with van der Waals surface area (Å²) in [4.78, 5) is 24.9. The van der Waals surface area contributed by atoms with Crippen LogP contribution in [-0.4, -0.2) is 11.8 Å². The maximum Gasteiger partial charge on any atom is 0.252 e. The third-order valence-electron chi connectivity index (χ3n) is 5.22. The smallest absolute Gasteiger partial charge is 0.252 e. The molecule has 3 atom stereocenters. The Morgan fingerprint density at radius 2 is 1.72 bits per heavy atom. The molecule has 1 aliphatic rings. The van der Waals surface area contributed by atoms with E-state index in [9.17, 15) is 9.59 Å². The highest BCUT2D eigenvalue weighted by Gasteiger charge is 2.39. The van der Waals surface area contributed by atoms with Gasteiger partial charge in [-0.15, -0.1) is 0 Å². The average Bonchev–Trinajstić information content (AvgIpc) is 3.22. The molecule has 2 N–H and O–H groups in total. The number of thiophene rings is 1. The lowest BCUT2D eigenvalue weighted by Crippen LogP contribution is -2.29. The molecule has 3 aromatic rings. The van der Waals surface area contributed by atoms with Crippen molar-refractivity contribution >= 4 is 40.4 Å². The van der Waals surface area contributed by atoms with Crippen LogP contribution in [0, 0.1) is 11.8 Å². The molecule has 1 fully saturated rings. The first-order chi connectivity index (χ1) is 14.0. The fourth-order valence-corrected chi connectivity index (χ4v) is 4.11. The Labute approximate surface area is 178 Å². The molecule has 6 heteroatoms. The van der Waals surface area contributed by atoms with Crippen LogP contribution in [0.1, 0.15) is 40.9 Å². The molecule has 4 rings (SSSR count). The van der Waals surface area contributed by atoms with Crippen molar-refractivity contribution in [3.63, 3.8) is 0 Å². The third kappa shape index (κ3) is 4.69. The highest BCUT2D eigenvalue weighted by molar-refractivity contribution is 7.08. The van der Waals surface area contributed by atoms with E-state index in [-0.39, 0.29) is 23.8 Å². The van der Waals surface area contributed by atoms with E-state index in [2.05, 4.69) is 17.6 Å². The molecule has 2 aromatic carbocycles. The Morgan fingerprint density at radius 1 is 1.03 bits per heavy atom. The summed E-state index contributed by atoms with van der Waals surface area (Å²) in [7, 11) is 0. The van der Waals surface area contributed by atoms with Crippen LogP contribution >= 0.6 is 22.9 Å². The van der Waals surface area contributed by atoms with Gasteiger partial charge in [0.15, 0.2) is 0 Å². The van der Waals surface area contributed by atoms with Crippen molar-refractivity contribution in [2.24, 2.45) is 11.8 Å². The lowest BCUT2D eigenvalue weighted by molar-refractivity contribution is -0.117. The number of rotatable bonds is 6. The van der Waals surface area contributed by atoms with E-state index in [1.54, 1.807) is 35.6 Å². The molecule has 1 aliphatic carbocycles. The number of amides is 2. The van der Waals surface area contributed by atoms with Gasteiger partial charge in [-0.25, -0.2) is 0 Å². The second-order valence-corrected chi connectivity index (χ2v) is 8.62.